The van der Waals surface area contributed by atoms with Gasteiger partial charge in [0.05, 0.1) is 5.60 Å². The van der Waals surface area contributed by atoms with E-state index in [9.17, 15) is 13.9 Å². The van der Waals surface area contributed by atoms with Crippen LogP contribution in [0.5, 0.6) is 0 Å². The Balaban J connectivity index is 1.94. The molecule has 14 heavy (non-hydrogen) atoms. The van der Waals surface area contributed by atoms with Crippen LogP contribution in [0.3, 0.4) is 0 Å². The Kier molecular flexibility index (Phi) is 2.55. The van der Waals surface area contributed by atoms with Crippen molar-refractivity contribution in [3.8, 4) is 0 Å². The molecule has 0 spiro atoms. The summed E-state index contributed by atoms with van der Waals surface area (Å²) in [5.74, 6) is -2.00. The summed E-state index contributed by atoms with van der Waals surface area (Å²) in [7, 11) is 0. The Morgan fingerprint density at radius 1 is 1.50 bits per heavy atom. The van der Waals surface area contributed by atoms with Gasteiger partial charge in [-0.25, -0.2) is 8.78 Å². The molecule has 1 heterocycles. The second-order valence-corrected chi connectivity index (χ2v) is 6.04. The highest BCUT2D eigenvalue weighted by molar-refractivity contribution is 8.00. The fourth-order valence-electron chi connectivity index (χ4n) is 2.18. The third kappa shape index (κ3) is 1.91. The number of alkyl halides is 2. The van der Waals surface area contributed by atoms with Crippen molar-refractivity contribution in [2.75, 3.05) is 5.75 Å². The topological polar surface area (TPSA) is 20.2 Å². The molecule has 2 aliphatic rings. The summed E-state index contributed by atoms with van der Waals surface area (Å²) in [6.07, 6.45) is 1.90. The predicted molar refractivity (Wildman–Crippen MR) is 53.8 cm³/mol. The predicted octanol–water partition coefficient (Wildman–Crippen LogP) is 2.68. The van der Waals surface area contributed by atoms with E-state index in [1.807, 2.05) is 6.92 Å². The Bertz CT molecular complexity index is 234. The van der Waals surface area contributed by atoms with Crippen LogP contribution in [0.4, 0.5) is 8.78 Å². The number of hydrogen-bond donors (Lipinski definition) is 1. The second kappa shape index (κ2) is 3.34. The van der Waals surface area contributed by atoms with Crippen LogP contribution in [0.15, 0.2) is 0 Å². The smallest absolute Gasteiger partial charge is 0.251 e. The van der Waals surface area contributed by atoms with Gasteiger partial charge in [-0.2, -0.15) is 11.8 Å². The first kappa shape index (κ1) is 10.7. The van der Waals surface area contributed by atoms with Gasteiger partial charge in [0.1, 0.15) is 0 Å². The molecule has 1 nitrogen and oxygen atoms in total. The van der Waals surface area contributed by atoms with Crippen molar-refractivity contribution in [1.82, 2.24) is 0 Å². The third-order valence-electron chi connectivity index (χ3n) is 3.43. The zero-order valence-electron chi connectivity index (χ0n) is 8.30. The molecule has 1 saturated carbocycles. The van der Waals surface area contributed by atoms with Crippen LogP contribution in [0.2, 0.25) is 0 Å². The minimum absolute atomic E-state index is 0.0211. The summed E-state index contributed by atoms with van der Waals surface area (Å²) in [5, 5.41) is 10.3. The lowest BCUT2D eigenvalue weighted by Gasteiger charge is -2.37. The molecule has 1 saturated heterocycles. The maximum absolute atomic E-state index is 12.7. The van der Waals surface area contributed by atoms with E-state index in [2.05, 4.69) is 0 Å². The van der Waals surface area contributed by atoms with Gasteiger partial charge in [-0.3, -0.25) is 0 Å². The van der Waals surface area contributed by atoms with Crippen molar-refractivity contribution in [3.63, 3.8) is 0 Å². The fourth-order valence-corrected chi connectivity index (χ4v) is 3.37. The van der Waals surface area contributed by atoms with Crippen molar-refractivity contribution in [2.24, 2.45) is 5.92 Å². The highest BCUT2D eigenvalue weighted by atomic mass is 32.2. The van der Waals surface area contributed by atoms with Crippen LogP contribution in [-0.2, 0) is 0 Å². The van der Waals surface area contributed by atoms with Gasteiger partial charge in [0.15, 0.2) is 0 Å². The second-order valence-electron chi connectivity index (χ2n) is 4.59. The zero-order chi connectivity index (χ0) is 10.4. The summed E-state index contributed by atoms with van der Waals surface area (Å²) in [6.45, 7) is 1.95. The van der Waals surface area contributed by atoms with E-state index in [1.165, 1.54) is 0 Å². The van der Waals surface area contributed by atoms with Crippen LogP contribution in [0.25, 0.3) is 0 Å². The molecule has 82 valence electrons. The molecule has 3 unspecified atom stereocenters. The molecule has 0 aromatic rings. The van der Waals surface area contributed by atoms with E-state index in [1.54, 1.807) is 11.8 Å². The molecule has 1 aliphatic heterocycles. The van der Waals surface area contributed by atoms with E-state index in [-0.39, 0.29) is 18.1 Å². The van der Waals surface area contributed by atoms with Gasteiger partial charge >= 0.3 is 0 Å². The molecular weight excluding hydrogens is 206 g/mol. The van der Waals surface area contributed by atoms with Crippen LogP contribution in [-0.4, -0.2) is 27.6 Å². The Labute approximate surface area is 87.3 Å². The molecule has 0 aromatic carbocycles. The highest BCUT2D eigenvalue weighted by Crippen LogP contribution is 2.54. The Morgan fingerprint density at radius 3 is 2.64 bits per heavy atom. The number of hydrogen-bond acceptors (Lipinski definition) is 2. The van der Waals surface area contributed by atoms with Crippen LogP contribution in [0.1, 0.15) is 32.6 Å². The maximum atomic E-state index is 12.7. The number of rotatable bonds is 2. The van der Waals surface area contributed by atoms with Crippen molar-refractivity contribution in [3.05, 3.63) is 0 Å². The van der Waals surface area contributed by atoms with Gasteiger partial charge in [0, 0.05) is 17.6 Å². The first-order valence-electron chi connectivity index (χ1n) is 5.16. The normalized spacial score (nSPS) is 46.3. The average Bonchev–Trinajstić information content (AvgIpc) is 2.65. The van der Waals surface area contributed by atoms with Gasteiger partial charge in [-0.05, 0) is 25.0 Å². The van der Waals surface area contributed by atoms with E-state index >= 15 is 0 Å². The molecule has 0 bridgehead atoms. The van der Waals surface area contributed by atoms with Gasteiger partial charge in [-0.15, -0.1) is 0 Å². The minimum Gasteiger partial charge on any atom is -0.389 e. The summed E-state index contributed by atoms with van der Waals surface area (Å²) in [4.78, 5) is 0. The first-order valence-corrected chi connectivity index (χ1v) is 6.21. The van der Waals surface area contributed by atoms with Gasteiger partial charge in [-0.1, -0.05) is 6.92 Å². The van der Waals surface area contributed by atoms with E-state index in [0.29, 0.717) is 6.42 Å². The molecule has 2 fully saturated rings. The van der Waals surface area contributed by atoms with Crippen molar-refractivity contribution >= 4 is 11.8 Å². The standard InChI is InChI=1S/C10H16F2OS/c1-7-9(13,3-2-4-14-7)5-8-6-10(8,11)12/h7-8,13H,2-6H2,1H3. The van der Waals surface area contributed by atoms with Crippen molar-refractivity contribution in [1.29, 1.82) is 0 Å². The number of halogens is 2. The molecule has 1 N–H and O–H groups in total. The van der Waals surface area contributed by atoms with E-state index in [0.717, 1.165) is 12.2 Å². The first-order chi connectivity index (χ1) is 6.44. The monoisotopic (exact) mass is 222 g/mol. The van der Waals surface area contributed by atoms with Crippen LogP contribution >= 0.6 is 11.8 Å². The zero-order valence-corrected chi connectivity index (χ0v) is 9.12. The van der Waals surface area contributed by atoms with E-state index < -0.39 is 17.4 Å². The minimum atomic E-state index is -2.49. The molecule has 4 heteroatoms. The van der Waals surface area contributed by atoms with E-state index in [4.69, 9.17) is 0 Å². The highest BCUT2D eigenvalue weighted by Gasteiger charge is 2.59. The van der Waals surface area contributed by atoms with Crippen LogP contribution in [0, 0.1) is 5.92 Å². The lowest BCUT2D eigenvalue weighted by molar-refractivity contribution is -0.00143. The van der Waals surface area contributed by atoms with Crippen molar-refractivity contribution in [2.45, 2.75) is 49.4 Å². The number of thioether (sulfide) groups is 1. The summed E-state index contributed by atoms with van der Waals surface area (Å²) in [5.41, 5.74) is -0.840. The molecule has 0 aromatic heterocycles. The van der Waals surface area contributed by atoms with Gasteiger partial charge in [0.25, 0.3) is 5.92 Å². The molecule has 0 radical (unpaired) electrons. The summed E-state index contributed by atoms with van der Waals surface area (Å²) < 4.78 is 25.5. The number of aliphatic hydroxyl groups is 1. The van der Waals surface area contributed by atoms with Crippen molar-refractivity contribution < 1.29 is 13.9 Å². The Hall–Kier alpha value is 0.170. The summed E-state index contributed by atoms with van der Waals surface area (Å²) in [6, 6.07) is 0. The largest absolute Gasteiger partial charge is 0.389 e. The SMILES string of the molecule is CC1SCCCC1(O)CC1CC1(F)F. The maximum Gasteiger partial charge on any atom is 0.251 e. The molecule has 2 rings (SSSR count). The molecule has 1 aliphatic carbocycles. The molecular formula is C10H16F2OS. The fraction of sp³-hybridized carbons (Fsp3) is 1.00. The molecule has 3 atom stereocenters. The lowest BCUT2D eigenvalue weighted by Crippen LogP contribution is -2.42. The van der Waals surface area contributed by atoms with Gasteiger partial charge in [0.2, 0.25) is 0 Å². The molecule has 0 amide bonds. The summed E-state index contributed by atoms with van der Waals surface area (Å²) >= 11 is 1.70. The quantitative estimate of drug-likeness (QED) is 0.775. The van der Waals surface area contributed by atoms with Crippen LogP contribution < -0.4 is 0 Å². The lowest BCUT2D eigenvalue weighted by atomic mass is 9.88. The van der Waals surface area contributed by atoms with Gasteiger partial charge < -0.3 is 5.11 Å². The average molecular weight is 222 g/mol. The third-order valence-corrected chi connectivity index (χ3v) is 4.90. The Morgan fingerprint density at radius 2 is 2.14 bits per heavy atom.